The maximum Gasteiger partial charge on any atom is 0.157 e. The van der Waals surface area contributed by atoms with Gasteiger partial charge in [-0.15, -0.1) is 0 Å². The summed E-state index contributed by atoms with van der Waals surface area (Å²) >= 11 is 12.5. The van der Waals surface area contributed by atoms with Crippen LogP contribution in [0.4, 0.5) is 0 Å². The topological polar surface area (TPSA) is 21.3 Å². The van der Waals surface area contributed by atoms with Gasteiger partial charge in [0.05, 0.1) is 10.0 Å². The Morgan fingerprint density at radius 1 is 1.00 bits per heavy atom. The summed E-state index contributed by atoms with van der Waals surface area (Å²) in [6.45, 7) is 1.97. The van der Waals surface area contributed by atoms with E-state index in [1.54, 1.807) is 12.1 Å². The smallest absolute Gasteiger partial charge is 0.157 e. The van der Waals surface area contributed by atoms with Gasteiger partial charge in [0.25, 0.3) is 0 Å². The van der Waals surface area contributed by atoms with Crippen molar-refractivity contribution in [1.82, 2.24) is 5.32 Å². The molecule has 1 N–H and O–H groups in total. The molecule has 2 nitrogen and oxygen atoms in total. The quantitative estimate of drug-likeness (QED) is 0.879. The van der Waals surface area contributed by atoms with Gasteiger partial charge in [0.2, 0.25) is 0 Å². The van der Waals surface area contributed by atoms with E-state index in [0.29, 0.717) is 21.7 Å². The van der Waals surface area contributed by atoms with Crippen molar-refractivity contribution in [3.05, 3.63) is 64.1 Å². The van der Waals surface area contributed by atoms with Crippen LogP contribution in [0.5, 0.6) is 5.75 Å². The van der Waals surface area contributed by atoms with E-state index in [9.17, 15) is 0 Å². The van der Waals surface area contributed by atoms with E-state index in [1.807, 2.05) is 24.3 Å². The fourth-order valence-corrected chi connectivity index (χ4v) is 3.22. The molecule has 0 bridgehead atoms. The zero-order valence-electron chi connectivity index (χ0n) is 11.6. The molecule has 2 aromatic rings. The third kappa shape index (κ3) is 3.34. The van der Waals surface area contributed by atoms with Gasteiger partial charge < -0.3 is 10.1 Å². The van der Waals surface area contributed by atoms with Crippen LogP contribution >= 0.6 is 23.2 Å². The zero-order valence-corrected chi connectivity index (χ0v) is 13.1. The Hall–Kier alpha value is -1.22. The van der Waals surface area contributed by atoms with Crippen LogP contribution in [0, 0.1) is 5.92 Å². The minimum atomic E-state index is -0.0430. The summed E-state index contributed by atoms with van der Waals surface area (Å²) in [4.78, 5) is 0. The average Bonchev–Trinajstić information content (AvgIpc) is 3.02. The number of hydrogen-bond acceptors (Lipinski definition) is 2. The Morgan fingerprint density at radius 2 is 1.71 bits per heavy atom. The summed E-state index contributed by atoms with van der Waals surface area (Å²) in [6.07, 6.45) is 1.04. The summed E-state index contributed by atoms with van der Waals surface area (Å²) in [5, 5.41) is 4.49. The van der Waals surface area contributed by atoms with Crippen molar-refractivity contribution >= 4 is 23.2 Å². The Bertz CT molecular complexity index is 577. The molecular weight excluding hydrogens is 305 g/mol. The van der Waals surface area contributed by atoms with Gasteiger partial charge in [0, 0.05) is 12.5 Å². The van der Waals surface area contributed by atoms with Crippen molar-refractivity contribution in [2.45, 2.75) is 12.5 Å². The summed E-state index contributed by atoms with van der Waals surface area (Å²) in [7, 11) is 0. The molecule has 1 saturated heterocycles. The van der Waals surface area contributed by atoms with Gasteiger partial charge in [-0.1, -0.05) is 59.6 Å². The van der Waals surface area contributed by atoms with Crippen LogP contribution in [0.25, 0.3) is 0 Å². The number of halogens is 2. The van der Waals surface area contributed by atoms with Gasteiger partial charge in [-0.05, 0) is 30.7 Å². The molecule has 0 saturated carbocycles. The lowest BCUT2D eigenvalue weighted by molar-refractivity contribution is 0.144. The molecular formula is C17H17Cl2NO. The standard InChI is InChI=1S/C17H17Cl2NO/c18-14-7-4-8-15(19)17(14)21-16(13-9-10-20-11-13)12-5-2-1-3-6-12/h1-8,13,16,20H,9-11H2/t13-,16-/m0/s1. The molecule has 2 atom stereocenters. The summed E-state index contributed by atoms with van der Waals surface area (Å²) in [5.41, 5.74) is 1.15. The zero-order chi connectivity index (χ0) is 14.7. The van der Waals surface area contributed by atoms with Crippen molar-refractivity contribution < 1.29 is 4.74 Å². The lowest BCUT2D eigenvalue weighted by Gasteiger charge is -2.25. The molecule has 0 unspecified atom stereocenters. The van der Waals surface area contributed by atoms with Crippen molar-refractivity contribution in [3.8, 4) is 5.75 Å². The third-order valence-electron chi connectivity index (χ3n) is 3.82. The summed E-state index contributed by atoms with van der Waals surface area (Å²) in [5.74, 6) is 0.987. The van der Waals surface area contributed by atoms with E-state index in [-0.39, 0.29) is 6.10 Å². The van der Waals surface area contributed by atoms with Crippen LogP contribution in [-0.4, -0.2) is 13.1 Å². The summed E-state index contributed by atoms with van der Waals surface area (Å²) in [6, 6.07) is 15.7. The highest BCUT2D eigenvalue weighted by Crippen LogP contribution is 2.39. The second-order valence-electron chi connectivity index (χ2n) is 5.25. The predicted molar refractivity (Wildman–Crippen MR) is 87.2 cm³/mol. The van der Waals surface area contributed by atoms with Gasteiger partial charge in [0.1, 0.15) is 6.10 Å². The summed E-state index contributed by atoms with van der Waals surface area (Å²) < 4.78 is 6.24. The third-order valence-corrected chi connectivity index (χ3v) is 4.41. The minimum Gasteiger partial charge on any atom is -0.482 e. The van der Waals surface area contributed by atoms with E-state index in [0.717, 1.165) is 25.1 Å². The lowest BCUT2D eigenvalue weighted by atomic mass is 9.95. The van der Waals surface area contributed by atoms with Crippen LogP contribution in [-0.2, 0) is 0 Å². The molecule has 2 aromatic carbocycles. The number of ether oxygens (including phenoxy) is 1. The SMILES string of the molecule is Clc1cccc(Cl)c1O[C@@H](c1ccccc1)[C@H]1CCNC1. The van der Waals surface area contributed by atoms with Gasteiger partial charge in [0.15, 0.2) is 5.75 Å². The molecule has 3 rings (SSSR count). The molecule has 0 amide bonds. The molecule has 0 aromatic heterocycles. The van der Waals surface area contributed by atoms with Gasteiger partial charge >= 0.3 is 0 Å². The van der Waals surface area contributed by atoms with Crippen LogP contribution in [0.1, 0.15) is 18.1 Å². The van der Waals surface area contributed by atoms with Gasteiger partial charge in [-0.3, -0.25) is 0 Å². The minimum absolute atomic E-state index is 0.0430. The Kier molecular flexibility index (Phi) is 4.69. The van der Waals surface area contributed by atoms with Crippen LogP contribution in [0.15, 0.2) is 48.5 Å². The molecule has 110 valence electrons. The van der Waals surface area contributed by atoms with E-state index in [1.165, 1.54) is 0 Å². The molecule has 21 heavy (non-hydrogen) atoms. The van der Waals surface area contributed by atoms with Crippen LogP contribution in [0.3, 0.4) is 0 Å². The van der Waals surface area contributed by atoms with Crippen molar-refractivity contribution in [2.24, 2.45) is 5.92 Å². The van der Waals surface area contributed by atoms with Gasteiger partial charge in [-0.25, -0.2) is 0 Å². The second kappa shape index (κ2) is 6.69. The second-order valence-corrected chi connectivity index (χ2v) is 6.07. The van der Waals surface area contributed by atoms with Crippen molar-refractivity contribution in [1.29, 1.82) is 0 Å². The first-order valence-electron chi connectivity index (χ1n) is 7.12. The first-order chi connectivity index (χ1) is 10.3. The van der Waals surface area contributed by atoms with Crippen molar-refractivity contribution in [3.63, 3.8) is 0 Å². The van der Waals surface area contributed by atoms with E-state index in [2.05, 4.69) is 17.4 Å². The average molecular weight is 322 g/mol. The molecule has 4 heteroatoms. The Balaban J connectivity index is 1.92. The molecule has 0 spiro atoms. The maximum atomic E-state index is 6.24. The highest BCUT2D eigenvalue weighted by atomic mass is 35.5. The monoisotopic (exact) mass is 321 g/mol. The van der Waals surface area contributed by atoms with Gasteiger partial charge in [-0.2, -0.15) is 0 Å². The number of nitrogens with one attached hydrogen (secondary N) is 1. The molecule has 0 aliphatic carbocycles. The number of benzene rings is 2. The molecule has 1 heterocycles. The number of rotatable bonds is 4. The molecule has 1 aliphatic rings. The van der Waals surface area contributed by atoms with Crippen LogP contribution < -0.4 is 10.1 Å². The molecule has 1 aliphatic heterocycles. The first-order valence-corrected chi connectivity index (χ1v) is 7.87. The highest BCUT2D eigenvalue weighted by Gasteiger charge is 2.29. The maximum absolute atomic E-state index is 6.24. The van der Waals surface area contributed by atoms with E-state index < -0.39 is 0 Å². The van der Waals surface area contributed by atoms with Crippen molar-refractivity contribution in [2.75, 3.05) is 13.1 Å². The number of para-hydroxylation sites is 1. The van der Waals surface area contributed by atoms with Crippen LogP contribution in [0.2, 0.25) is 10.0 Å². The number of hydrogen-bond donors (Lipinski definition) is 1. The first kappa shape index (κ1) is 14.7. The fraction of sp³-hybridized carbons (Fsp3) is 0.294. The Morgan fingerprint density at radius 3 is 2.33 bits per heavy atom. The molecule has 0 radical (unpaired) electrons. The predicted octanol–water partition coefficient (Wildman–Crippen LogP) is 4.72. The Labute approximate surface area is 135 Å². The fourth-order valence-electron chi connectivity index (χ4n) is 2.74. The normalized spacial score (nSPS) is 19.4. The van der Waals surface area contributed by atoms with E-state index >= 15 is 0 Å². The molecule has 1 fully saturated rings. The largest absolute Gasteiger partial charge is 0.482 e. The lowest BCUT2D eigenvalue weighted by Crippen LogP contribution is -2.21. The highest BCUT2D eigenvalue weighted by molar-refractivity contribution is 6.37. The van der Waals surface area contributed by atoms with E-state index in [4.69, 9.17) is 27.9 Å².